The zero-order valence-electron chi connectivity index (χ0n) is 17.0. The maximum atomic E-state index is 12.7. The minimum atomic E-state index is -4.54. The molecule has 2 rings (SSSR count). The first-order valence-corrected chi connectivity index (χ1v) is 9.35. The van der Waals surface area contributed by atoms with E-state index in [1.165, 1.54) is 12.3 Å². The number of hydrogen-bond donors (Lipinski definition) is 2. The summed E-state index contributed by atoms with van der Waals surface area (Å²) in [4.78, 5) is 23.8. The Balaban J connectivity index is 1.91. The monoisotopic (exact) mass is 447 g/mol. The number of carbonyl (C=O) groups is 2. The quantitative estimate of drug-likeness (QED) is 0.266. The van der Waals surface area contributed by atoms with E-state index in [9.17, 15) is 22.8 Å². The molecule has 0 saturated carbocycles. The molecule has 168 valence electrons. The molecule has 0 fully saturated rings. The molecule has 0 spiro atoms. The van der Waals surface area contributed by atoms with Crippen LogP contribution >= 0.6 is 0 Å². The van der Waals surface area contributed by atoms with Crippen LogP contribution in [0, 0.1) is 12.3 Å². The maximum Gasteiger partial charge on any atom is 0.416 e. The van der Waals surface area contributed by atoms with Crippen LogP contribution in [0.25, 0.3) is 0 Å². The Labute approximate surface area is 182 Å². The molecule has 0 aliphatic heterocycles. The molecule has 0 aliphatic rings. The third-order valence-corrected chi connectivity index (χ3v) is 3.78. The molecule has 0 unspecified atom stereocenters. The largest absolute Gasteiger partial charge is 0.490 e. The molecule has 0 aromatic heterocycles. The van der Waals surface area contributed by atoms with Gasteiger partial charge in [-0.3, -0.25) is 9.59 Å². The second-order valence-corrected chi connectivity index (χ2v) is 6.23. The van der Waals surface area contributed by atoms with Gasteiger partial charge in [-0.2, -0.15) is 18.3 Å². The number of alkyl halides is 3. The number of rotatable bonds is 9. The van der Waals surface area contributed by atoms with Crippen molar-refractivity contribution in [1.29, 1.82) is 0 Å². The van der Waals surface area contributed by atoms with Crippen molar-refractivity contribution in [2.75, 3.05) is 18.5 Å². The van der Waals surface area contributed by atoms with Crippen LogP contribution in [0.5, 0.6) is 11.5 Å². The van der Waals surface area contributed by atoms with E-state index in [2.05, 4.69) is 21.8 Å². The minimum Gasteiger partial charge on any atom is -0.490 e. The number of nitrogens with zero attached hydrogens (tertiary/aromatic N) is 1. The van der Waals surface area contributed by atoms with Gasteiger partial charge in [-0.05, 0) is 48.9 Å². The zero-order valence-corrected chi connectivity index (χ0v) is 17.0. The second kappa shape index (κ2) is 11.4. The predicted molar refractivity (Wildman–Crippen MR) is 112 cm³/mol. The fourth-order valence-electron chi connectivity index (χ4n) is 2.45. The first-order chi connectivity index (χ1) is 15.2. The molecule has 0 saturated heterocycles. The number of anilines is 1. The third-order valence-electron chi connectivity index (χ3n) is 3.78. The van der Waals surface area contributed by atoms with Crippen LogP contribution in [0.3, 0.4) is 0 Å². The number of halogens is 3. The molecule has 0 radical (unpaired) electrons. The number of carbonyl (C=O) groups excluding carboxylic acids is 2. The van der Waals surface area contributed by atoms with Crippen molar-refractivity contribution in [2.45, 2.75) is 19.5 Å². The first-order valence-electron chi connectivity index (χ1n) is 9.35. The van der Waals surface area contributed by atoms with E-state index in [-0.39, 0.29) is 12.3 Å². The molecule has 2 N–H and O–H groups in total. The number of terminal acetylenes is 1. The molecule has 2 aromatic carbocycles. The highest BCUT2D eigenvalue weighted by Gasteiger charge is 2.30. The van der Waals surface area contributed by atoms with Crippen LogP contribution in [0.4, 0.5) is 18.9 Å². The summed E-state index contributed by atoms with van der Waals surface area (Å²) in [5, 5.41) is 6.00. The van der Waals surface area contributed by atoms with Gasteiger partial charge in [0.15, 0.2) is 11.5 Å². The standard InChI is InChI=1S/C22H20F3N3O4/c1-3-10-32-18-9-8-15(11-19(18)31-4-2)14-26-28-21(30)13-20(29)27-17-7-5-6-16(12-17)22(23,24)25/h1,5-9,11-12,14H,4,10,13H2,2H3,(H,27,29)(H,28,30). The van der Waals surface area contributed by atoms with Crippen LogP contribution in [0.15, 0.2) is 47.6 Å². The van der Waals surface area contributed by atoms with E-state index in [4.69, 9.17) is 15.9 Å². The molecule has 32 heavy (non-hydrogen) atoms. The van der Waals surface area contributed by atoms with Crippen LogP contribution in [0.2, 0.25) is 0 Å². The molecule has 0 heterocycles. The molecular formula is C22H20F3N3O4. The zero-order chi connectivity index (χ0) is 23.6. The third kappa shape index (κ3) is 7.68. The summed E-state index contributed by atoms with van der Waals surface area (Å²) in [7, 11) is 0. The van der Waals surface area contributed by atoms with Gasteiger partial charge in [0.25, 0.3) is 0 Å². The summed E-state index contributed by atoms with van der Waals surface area (Å²) in [6.07, 6.45) is 1.33. The van der Waals surface area contributed by atoms with Crippen LogP contribution < -0.4 is 20.2 Å². The van der Waals surface area contributed by atoms with E-state index in [1.54, 1.807) is 25.1 Å². The Hall–Kier alpha value is -4.00. The highest BCUT2D eigenvalue weighted by Crippen LogP contribution is 2.30. The summed E-state index contributed by atoms with van der Waals surface area (Å²) < 4.78 is 49.0. The predicted octanol–water partition coefficient (Wildman–Crippen LogP) is 3.60. The van der Waals surface area contributed by atoms with Gasteiger partial charge >= 0.3 is 6.18 Å². The Morgan fingerprint density at radius 2 is 1.91 bits per heavy atom. The molecule has 0 bridgehead atoms. The van der Waals surface area contributed by atoms with E-state index in [1.807, 2.05) is 0 Å². The van der Waals surface area contributed by atoms with Crippen LogP contribution in [0.1, 0.15) is 24.5 Å². The van der Waals surface area contributed by atoms with E-state index >= 15 is 0 Å². The van der Waals surface area contributed by atoms with E-state index in [0.29, 0.717) is 23.7 Å². The highest BCUT2D eigenvalue weighted by atomic mass is 19.4. The van der Waals surface area contributed by atoms with E-state index < -0.39 is 30.0 Å². The average molecular weight is 447 g/mol. The summed E-state index contributed by atoms with van der Waals surface area (Å²) in [6.45, 7) is 2.27. The smallest absolute Gasteiger partial charge is 0.416 e. The van der Waals surface area contributed by atoms with Gasteiger partial charge < -0.3 is 14.8 Å². The SMILES string of the molecule is C#CCOc1ccc(C=NNC(=O)CC(=O)Nc2cccc(C(F)(F)F)c2)cc1OCC. The van der Waals surface area contributed by atoms with Gasteiger partial charge in [0.2, 0.25) is 11.8 Å². The number of ether oxygens (including phenoxy) is 2. The summed E-state index contributed by atoms with van der Waals surface area (Å²) in [5.41, 5.74) is 1.77. The summed E-state index contributed by atoms with van der Waals surface area (Å²) >= 11 is 0. The number of hydrazone groups is 1. The summed E-state index contributed by atoms with van der Waals surface area (Å²) in [6, 6.07) is 9.02. The lowest BCUT2D eigenvalue weighted by atomic mass is 10.2. The fraction of sp³-hybridized carbons (Fsp3) is 0.227. The molecule has 0 aliphatic carbocycles. The lowest BCUT2D eigenvalue weighted by molar-refractivity contribution is -0.137. The lowest BCUT2D eigenvalue weighted by Crippen LogP contribution is -2.24. The number of nitrogens with one attached hydrogen (secondary N) is 2. The molecular weight excluding hydrogens is 427 g/mol. The summed E-state index contributed by atoms with van der Waals surface area (Å²) in [5.74, 6) is 1.72. The first kappa shape index (κ1) is 24.3. The van der Waals surface area contributed by atoms with Crippen molar-refractivity contribution in [3.8, 4) is 23.8 Å². The Bertz CT molecular complexity index is 1030. The van der Waals surface area contributed by atoms with Gasteiger partial charge in [-0.1, -0.05) is 12.0 Å². The van der Waals surface area contributed by atoms with Crippen molar-refractivity contribution in [2.24, 2.45) is 5.10 Å². The fourth-order valence-corrected chi connectivity index (χ4v) is 2.45. The van der Waals surface area contributed by atoms with Crippen LogP contribution in [-0.2, 0) is 15.8 Å². The van der Waals surface area contributed by atoms with Gasteiger partial charge in [0.1, 0.15) is 13.0 Å². The van der Waals surface area contributed by atoms with Crippen molar-refractivity contribution in [3.05, 3.63) is 53.6 Å². The molecule has 10 heteroatoms. The van der Waals surface area contributed by atoms with Crippen molar-refractivity contribution in [3.63, 3.8) is 0 Å². The van der Waals surface area contributed by atoms with E-state index in [0.717, 1.165) is 18.2 Å². The Morgan fingerprint density at radius 1 is 1.12 bits per heavy atom. The number of amides is 2. The maximum absolute atomic E-state index is 12.7. The minimum absolute atomic E-state index is 0.0725. The number of hydrogen-bond acceptors (Lipinski definition) is 5. The van der Waals surface area contributed by atoms with Crippen molar-refractivity contribution < 1.29 is 32.2 Å². The normalized spacial score (nSPS) is 11.0. The molecule has 7 nitrogen and oxygen atoms in total. The van der Waals surface area contributed by atoms with Crippen molar-refractivity contribution >= 4 is 23.7 Å². The number of benzene rings is 2. The van der Waals surface area contributed by atoms with Gasteiger partial charge in [-0.15, -0.1) is 6.42 Å². The van der Waals surface area contributed by atoms with Gasteiger partial charge in [0.05, 0.1) is 18.4 Å². The Morgan fingerprint density at radius 3 is 2.59 bits per heavy atom. The second-order valence-electron chi connectivity index (χ2n) is 6.23. The lowest BCUT2D eigenvalue weighted by Gasteiger charge is -2.10. The highest BCUT2D eigenvalue weighted by molar-refractivity contribution is 6.03. The Kier molecular flexibility index (Phi) is 8.65. The van der Waals surface area contributed by atoms with Crippen molar-refractivity contribution in [1.82, 2.24) is 5.43 Å². The molecule has 0 atom stereocenters. The average Bonchev–Trinajstić information content (AvgIpc) is 2.73. The molecule has 2 amide bonds. The topological polar surface area (TPSA) is 89.0 Å². The van der Waals surface area contributed by atoms with Gasteiger partial charge in [-0.25, -0.2) is 5.43 Å². The molecule has 2 aromatic rings. The van der Waals surface area contributed by atoms with Crippen LogP contribution in [-0.4, -0.2) is 31.2 Å². The van der Waals surface area contributed by atoms with Gasteiger partial charge in [0, 0.05) is 5.69 Å².